The molecule has 0 saturated carbocycles. The van der Waals surface area contributed by atoms with Crippen LogP contribution in [-0.4, -0.2) is 58.2 Å². The summed E-state index contributed by atoms with van der Waals surface area (Å²) in [5.74, 6) is 1.60. The number of amides is 3. The lowest BCUT2D eigenvalue weighted by Gasteiger charge is -2.44. The van der Waals surface area contributed by atoms with Crippen LogP contribution in [0.5, 0.6) is 0 Å². The Morgan fingerprint density at radius 2 is 1.71 bits per heavy atom. The van der Waals surface area contributed by atoms with Crippen molar-refractivity contribution >= 4 is 17.9 Å². The molecule has 0 heterocycles. The summed E-state index contributed by atoms with van der Waals surface area (Å²) in [6.45, 7) is 12.5. The first-order valence-corrected chi connectivity index (χ1v) is 12.1. The Hall–Kier alpha value is -3.05. The summed E-state index contributed by atoms with van der Waals surface area (Å²) >= 11 is 0. The van der Waals surface area contributed by atoms with E-state index in [0.717, 1.165) is 12.8 Å². The molecule has 3 N–H and O–H groups in total. The predicted octanol–water partition coefficient (Wildman–Crippen LogP) is 3.53. The second kappa shape index (κ2) is 13.1. The SMILES string of the molecule is C#Cc1ccc(C(C(=O)NCCCC)N(C(=O)C(CO)NC(=O)OC(C)(C)C)C(C)(C)CC)cc1. The topological polar surface area (TPSA) is 108 Å². The number of aliphatic hydroxyl groups excluding tert-OH is 1. The normalized spacial score (nSPS) is 13.2. The summed E-state index contributed by atoms with van der Waals surface area (Å²) in [7, 11) is 0. The Balaban J connectivity index is 3.51. The van der Waals surface area contributed by atoms with Gasteiger partial charge in [0.05, 0.1) is 6.61 Å². The molecule has 35 heavy (non-hydrogen) atoms. The number of hydrogen-bond acceptors (Lipinski definition) is 5. The van der Waals surface area contributed by atoms with Gasteiger partial charge in [0, 0.05) is 17.6 Å². The van der Waals surface area contributed by atoms with Crippen molar-refractivity contribution in [3.8, 4) is 12.3 Å². The summed E-state index contributed by atoms with van der Waals surface area (Å²) in [6.07, 6.45) is 6.87. The highest BCUT2D eigenvalue weighted by Gasteiger charge is 2.42. The van der Waals surface area contributed by atoms with E-state index in [1.165, 1.54) is 4.90 Å². The largest absolute Gasteiger partial charge is 0.444 e. The zero-order valence-electron chi connectivity index (χ0n) is 22.1. The van der Waals surface area contributed by atoms with E-state index in [-0.39, 0.29) is 5.91 Å². The van der Waals surface area contributed by atoms with Crippen LogP contribution in [0.2, 0.25) is 0 Å². The maximum absolute atomic E-state index is 13.8. The van der Waals surface area contributed by atoms with Gasteiger partial charge >= 0.3 is 6.09 Å². The maximum Gasteiger partial charge on any atom is 0.408 e. The Labute approximate surface area is 209 Å². The van der Waals surface area contributed by atoms with E-state index < -0.39 is 41.8 Å². The second-order valence-electron chi connectivity index (χ2n) is 10.1. The van der Waals surface area contributed by atoms with Crippen LogP contribution in [0.1, 0.15) is 84.9 Å². The van der Waals surface area contributed by atoms with Gasteiger partial charge in [0.15, 0.2) is 0 Å². The summed E-state index contributed by atoms with van der Waals surface area (Å²) < 4.78 is 5.27. The number of nitrogens with one attached hydrogen (secondary N) is 2. The number of terminal acetylenes is 1. The molecule has 0 bridgehead atoms. The minimum Gasteiger partial charge on any atom is -0.444 e. The van der Waals surface area contributed by atoms with Gasteiger partial charge in [-0.1, -0.05) is 38.3 Å². The van der Waals surface area contributed by atoms with Crippen LogP contribution in [0, 0.1) is 12.3 Å². The van der Waals surface area contributed by atoms with E-state index >= 15 is 0 Å². The number of carbonyl (C=O) groups excluding carboxylic acids is 3. The lowest BCUT2D eigenvalue weighted by atomic mass is 9.91. The fourth-order valence-electron chi connectivity index (χ4n) is 3.41. The molecule has 0 aliphatic rings. The first kappa shape index (κ1) is 30.0. The molecule has 194 valence electrons. The Morgan fingerprint density at radius 1 is 1.11 bits per heavy atom. The summed E-state index contributed by atoms with van der Waals surface area (Å²) in [5, 5.41) is 15.4. The zero-order chi connectivity index (χ0) is 26.8. The third kappa shape index (κ3) is 8.91. The van der Waals surface area contributed by atoms with Crippen LogP contribution in [0.25, 0.3) is 0 Å². The first-order chi connectivity index (χ1) is 16.3. The smallest absolute Gasteiger partial charge is 0.408 e. The number of carbonyl (C=O) groups is 3. The molecular weight excluding hydrogens is 446 g/mol. The van der Waals surface area contributed by atoms with Crippen LogP contribution >= 0.6 is 0 Å². The predicted molar refractivity (Wildman–Crippen MR) is 136 cm³/mol. The van der Waals surface area contributed by atoms with Gasteiger partial charge < -0.3 is 25.4 Å². The number of unbranched alkanes of at least 4 members (excludes halogenated alkanes) is 1. The van der Waals surface area contributed by atoms with Gasteiger partial charge in [-0.3, -0.25) is 9.59 Å². The number of ether oxygens (including phenoxy) is 1. The highest BCUT2D eigenvalue weighted by atomic mass is 16.6. The standard InChI is InChI=1S/C27H41N3O5/c1-9-12-17-28-23(32)22(20-15-13-19(10-2)14-16-20)30(27(7,8)11-3)24(33)21(18-31)29-25(34)35-26(4,5)6/h2,13-16,21-22,31H,9,11-12,17-18H2,1,3-8H3,(H,28,32)(H,29,34). The molecule has 1 aromatic rings. The lowest BCUT2D eigenvalue weighted by molar-refractivity contribution is -0.150. The number of hydrogen-bond donors (Lipinski definition) is 3. The van der Waals surface area contributed by atoms with Crippen LogP contribution in [0.4, 0.5) is 4.79 Å². The molecule has 8 nitrogen and oxygen atoms in total. The van der Waals surface area contributed by atoms with Gasteiger partial charge in [0.1, 0.15) is 17.7 Å². The molecule has 1 rings (SSSR count). The van der Waals surface area contributed by atoms with Crippen molar-refractivity contribution in [2.24, 2.45) is 0 Å². The van der Waals surface area contributed by atoms with E-state index in [4.69, 9.17) is 11.2 Å². The third-order valence-electron chi connectivity index (χ3n) is 5.66. The molecule has 0 aromatic heterocycles. The summed E-state index contributed by atoms with van der Waals surface area (Å²) in [4.78, 5) is 41.1. The van der Waals surface area contributed by atoms with Crippen molar-refractivity contribution < 1.29 is 24.2 Å². The average molecular weight is 488 g/mol. The first-order valence-electron chi connectivity index (χ1n) is 12.1. The number of aliphatic hydroxyl groups is 1. The van der Waals surface area contributed by atoms with Gasteiger partial charge in [-0.15, -0.1) is 6.42 Å². The molecule has 0 spiro atoms. The molecule has 1 aromatic carbocycles. The van der Waals surface area contributed by atoms with E-state index in [0.29, 0.717) is 24.1 Å². The van der Waals surface area contributed by atoms with E-state index in [1.54, 1.807) is 45.0 Å². The third-order valence-corrected chi connectivity index (χ3v) is 5.66. The zero-order valence-corrected chi connectivity index (χ0v) is 22.1. The van der Waals surface area contributed by atoms with Crippen molar-refractivity contribution in [3.63, 3.8) is 0 Å². The Bertz CT molecular complexity index is 897. The highest BCUT2D eigenvalue weighted by molar-refractivity contribution is 5.92. The molecule has 8 heteroatoms. The molecule has 0 fully saturated rings. The molecular formula is C27H41N3O5. The monoisotopic (exact) mass is 487 g/mol. The van der Waals surface area contributed by atoms with Gasteiger partial charge in [-0.2, -0.15) is 0 Å². The fourth-order valence-corrected chi connectivity index (χ4v) is 3.41. The summed E-state index contributed by atoms with van der Waals surface area (Å²) in [5.41, 5.74) is -0.360. The van der Waals surface area contributed by atoms with Crippen molar-refractivity contribution in [2.45, 2.75) is 91.0 Å². The van der Waals surface area contributed by atoms with E-state index in [2.05, 4.69) is 16.6 Å². The van der Waals surface area contributed by atoms with Crippen LogP contribution in [0.3, 0.4) is 0 Å². The van der Waals surface area contributed by atoms with Crippen molar-refractivity contribution in [1.82, 2.24) is 15.5 Å². The number of rotatable bonds is 11. The molecule has 2 atom stereocenters. The summed E-state index contributed by atoms with van der Waals surface area (Å²) in [6, 6.07) is 4.57. The molecule has 0 saturated heterocycles. The minimum absolute atomic E-state index is 0.351. The lowest BCUT2D eigenvalue weighted by Crippen LogP contribution is -2.60. The van der Waals surface area contributed by atoms with Gasteiger partial charge in [-0.25, -0.2) is 4.79 Å². The molecule has 0 aliphatic heterocycles. The highest BCUT2D eigenvalue weighted by Crippen LogP contribution is 2.32. The van der Waals surface area contributed by atoms with Crippen LogP contribution in [-0.2, 0) is 14.3 Å². The van der Waals surface area contributed by atoms with Crippen molar-refractivity contribution in [3.05, 3.63) is 35.4 Å². The van der Waals surface area contributed by atoms with E-state index in [1.807, 2.05) is 27.7 Å². The van der Waals surface area contributed by atoms with E-state index in [9.17, 15) is 19.5 Å². The Kier molecular flexibility index (Phi) is 11.3. The second-order valence-corrected chi connectivity index (χ2v) is 10.1. The quantitative estimate of drug-likeness (QED) is 0.327. The van der Waals surface area contributed by atoms with Crippen molar-refractivity contribution in [2.75, 3.05) is 13.2 Å². The molecule has 0 radical (unpaired) electrons. The minimum atomic E-state index is -1.30. The average Bonchev–Trinajstić information content (AvgIpc) is 2.79. The van der Waals surface area contributed by atoms with Crippen LogP contribution in [0.15, 0.2) is 24.3 Å². The number of nitrogens with zero attached hydrogens (tertiary/aromatic N) is 1. The van der Waals surface area contributed by atoms with Crippen molar-refractivity contribution in [1.29, 1.82) is 0 Å². The fraction of sp³-hybridized carbons (Fsp3) is 0.593. The maximum atomic E-state index is 13.8. The van der Waals surface area contributed by atoms with Gasteiger partial charge in [0.2, 0.25) is 11.8 Å². The molecule has 2 unspecified atom stereocenters. The molecule has 3 amide bonds. The number of benzene rings is 1. The van der Waals surface area contributed by atoms with Crippen LogP contribution < -0.4 is 10.6 Å². The number of alkyl carbamates (subject to hydrolysis) is 1. The Morgan fingerprint density at radius 3 is 2.17 bits per heavy atom. The van der Waals surface area contributed by atoms with Gasteiger partial charge in [0.25, 0.3) is 0 Å². The van der Waals surface area contributed by atoms with Gasteiger partial charge in [-0.05, 0) is 65.2 Å². The molecule has 0 aliphatic carbocycles.